The zero-order valence-electron chi connectivity index (χ0n) is 59.1. The summed E-state index contributed by atoms with van der Waals surface area (Å²) in [7, 11) is 0. The lowest BCUT2D eigenvalue weighted by Gasteiger charge is -2.38. The number of H-pyrrole nitrogens is 4. The summed E-state index contributed by atoms with van der Waals surface area (Å²) in [6, 6.07) is 0. The summed E-state index contributed by atoms with van der Waals surface area (Å²) in [5.41, 5.74) is 0.0432. The van der Waals surface area contributed by atoms with E-state index in [0.717, 1.165) is 26.1 Å². The van der Waals surface area contributed by atoms with Crippen molar-refractivity contribution in [2.75, 3.05) is 44.5 Å². The Morgan fingerprint density at radius 3 is 1.41 bits per heavy atom. The van der Waals surface area contributed by atoms with E-state index in [1.807, 2.05) is 0 Å². The van der Waals surface area contributed by atoms with Crippen molar-refractivity contribution in [1.82, 2.24) is 67.7 Å². The van der Waals surface area contributed by atoms with Crippen molar-refractivity contribution in [2.45, 2.75) is 182 Å². The fourth-order valence-corrected chi connectivity index (χ4v) is 22.0. The number of aliphatic hydroxyl groups excluding tert-OH is 1. The fraction of sp³-hybridized carbons (Fsp3) is 0.607. The normalized spacial score (nSPS) is 35.2. The molecule has 47 nitrogen and oxygen atoms in total. The highest BCUT2D eigenvalue weighted by Crippen LogP contribution is 2.67. The van der Waals surface area contributed by atoms with Crippen molar-refractivity contribution in [3.05, 3.63) is 127 Å². The summed E-state index contributed by atoms with van der Waals surface area (Å²) in [6.45, 7) is -20.0. The van der Waals surface area contributed by atoms with E-state index in [9.17, 15) is 57.3 Å². The summed E-state index contributed by atoms with van der Waals surface area (Å²) in [5.74, 6) is -0.226. The quantitative estimate of drug-likeness (QED) is 0.0245. The van der Waals surface area contributed by atoms with Gasteiger partial charge < -0.3 is 59.4 Å². The Hall–Kier alpha value is -5.32. The predicted octanol–water partition coefficient (Wildman–Crippen LogP) is 1.61. The number of thiol groups is 5. The number of aryl methyl sites for hydroxylation is 3. The minimum Gasteiger partial charge on any atom is -0.393 e. The van der Waals surface area contributed by atoms with Crippen molar-refractivity contribution in [2.24, 2.45) is 0 Å². The molecule has 0 aliphatic carbocycles. The van der Waals surface area contributed by atoms with Gasteiger partial charge in [-0.3, -0.25) is 103 Å². The number of aromatic amines is 4. The molecule has 8 fully saturated rings. The van der Waals surface area contributed by atoms with Crippen LogP contribution in [0.3, 0.4) is 0 Å². The van der Waals surface area contributed by atoms with Crippen LogP contribution >= 0.6 is 95.2 Å². The van der Waals surface area contributed by atoms with Gasteiger partial charge in [0.05, 0.1) is 64.0 Å². The molecule has 8 saturated heterocycles. The summed E-state index contributed by atoms with van der Waals surface area (Å²) in [6.07, 6.45) is -18.6. The van der Waals surface area contributed by atoms with Crippen molar-refractivity contribution in [3.63, 3.8) is 0 Å². The minimum absolute atomic E-state index is 0.00664. The molecule has 57 heteroatoms. The van der Waals surface area contributed by atoms with Crippen LogP contribution in [-0.2, 0) is 101 Å². The van der Waals surface area contributed by atoms with E-state index in [1.54, 1.807) is 6.92 Å². The van der Waals surface area contributed by atoms with Crippen LogP contribution in [0.5, 0.6) is 0 Å². The number of ether oxygens (including phenoxy) is 8. The maximum absolute atomic E-state index is 15.4. The maximum atomic E-state index is 15.4. The molecule has 15 heterocycles. The SMILES string of the molecule is Cc1cn([C@@H]2O[C@@]3(COP(=O)(S)O[C@@H]4C5O[C@@H](C)[C@]4(COP(=O)(S)O[C@@H]4C6O[C@@H](C)[C@]4(CO)O[C@H]6n4cnc6c(=O)[nH]c(N)nc64)O[C@H]5n4cc(C)c(=O)[nH]c4=O)[C@H](C)OC2[C@H]3OP(=O)(S)OC[C@H]2O[C@@H](n3cc(C)c(=O)[nH]c3=O)C[C@H]2OP(=O)(S)OC[C@H]2O[C@@H](n3cnc4c(N)ncnc43)CC2OP(=O)(O)S)c(=O)[nH]c1=O. The molecule has 8 aliphatic rings. The zero-order valence-corrected chi connectivity index (χ0v) is 68.1. The van der Waals surface area contributed by atoms with Crippen molar-refractivity contribution in [3.8, 4) is 0 Å². The van der Waals surface area contributed by atoms with E-state index in [4.69, 9.17) is 90.1 Å². The number of fused-ring (bicyclic) bond motifs is 8. The summed E-state index contributed by atoms with van der Waals surface area (Å²) in [5, 5.41) is 11.0. The van der Waals surface area contributed by atoms with E-state index in [1.165, 1.54) is 68.9 Å². The predicted molar refractivity (Wildman–Crippen MR) is 400 cm³/mol. The number of imidazole rings is 2. The molecule has 0 amide bonds. The molecular formula is C56H71N16O31P5S5. The average molecular weight is 1780 g/mol. The third-order valence-electron chi connectivity index (χ3n) is 20.7. The Bertz CT molecular complexity index is 5670. The van der Waals surface area contributed by atoms with Gasteiger partial charge in [-0.2, -0.15) is 4.98 Å². The van der Waals surface area contributed by atoms with Gasteiger partial charge in [0.1, 0.15) is 102 Å². The summed E-state index contributed by atoms with van der Waals surface area (Å²) in [4.78, 5) is 131. The molecule has 7 aromatic rings. The number of aromatic nitrogens is 14. The van der Waals surface area contributed by atoms with Crippen LogP contribution in [0.15, 0.2) is 71.1 Å². The van der Waals surface area contributed by atoms with Gasteiger partial charge in [0.15, 0.2) is 41.3 Å². The number of aliphatic hydroxyl groups is 1. The molecule has 0 radical (unpaired) electrons. The van der Waals surface area contributed by atoms with Gasteiger partial charge in [-0.1, -0.05) is 61.2 Å². The van der Waals surface area contributed by atoms with E-state index in [2.05, 4.69) is 106 Å². The zero-order chi connectivity index (χ0) is 81.1. The monoisotopic (exact) mass is 1780 g/mol. The van der Waals surface area contributed by atoms with Crippen LogP contribution in [0.1, 0.15) is 81.4 Å². The second-order valence-corrected chi connectivity index (χ2v) is 41.9. The fourth-order valence-electron chi connectivity index (χ4n) is 15.0. The topological polar surface area (TPSA) is 607 Å². The number of anilines is 2. The van der Waals surface area contributed by atoms with Gasteiger partial charge in [-0.25, -0.2) is 57.1 Å². The van der Waals surface area contributed by atoms with E-state index >= 15 is 9.13 Å². The third kappa shape index (κ3) is 15.4. The Kier molecular flexibility index (Phi) is 22.1. The number of rotatable bonds is 28. The molecule has 0 spiro atoms. The van der Waals surface area contributed by atoms with Crippen molar-refractivity contribution >= 4 is 129 Å². The van der Waals surface area contributed by atoms with Crippen LogP contribution in [0.25, 0.3) is 22.3 Å². The van der Waals surface area contributed by atoms with E-state index in [0.29, 0.717) is 0 Å². The van der Waals surface area contributed by atoms with Crippen LogP contribution in [-0.4, -0.2) is 207 Å². The Labute approximate surface area is 658 Å². The first-order chi connectivity index (χ1) is 53.0. The van der Waals surface area contributed by atoms with Crippen LogP contribution in [0, 0.1) is 20.8 Å². The molecule has 616 valence electrons. The molecule has 6 bridgehead atoms. The highest BCUT2D eigenvalue weighted by molar-refractivity contribution is 8.45. The third-order valence-corrected chi connectivity index (χ3v) is 27.9. The lowest BCUT2D eigenvalue weighted by Crippen LogP contribution is -2.52. The van der Waals surface area contributed by atoms with Crippen LogP contribution < -0.4 is 50.8 Å². The first-order valence-electron chi connectivity index (χ1n) is 33.9. The average Bonchev–Trinajstić information content (AvgIpc) is 1.56. The maximum Gasteiger partial charge on any atom is 0.386 e. The molecule has 26 atom stereocenters. The van der Waals surface area contributed by atoms with Gasteiger partial charge in [0.25, 0.3) is 22.2 Å². The largest absolute Gasteiger partial charge is 0.393 e. The number of hydrogen-bond acceptors (Lipinski definition) is 37. The van der Waals surface area contributed by atoms with E-state index < -0.39 is 240 Å². The highest BCUT2D eigenvalue weighted by Gasteiger charge is 2.73. The number of nitrogens with zero attached hydrogens (tertiary/aromatic N) is 10. The molecule has 15 rings (SSSR count). The molecule has 7 aromatic heterocycles. The van der Waals surface area contributed by atoms with Crippen molar-refractivity contribution < 1.29 is 111 Å². The Morgan fingerprint density at radius 1 is 0.504 bits per heavy atom. The summed E-state index contributed by atoms with van der Waals surface area (Å²) < 4.78 is 183. The minimum atomic E-state index is -5.09. The molecule has 0 saturated carbocycles. The first-order valence-corrected chi connectivity index (χ1v) is 47.4. The summed E-state index contributed by atoms with van der Waals surface area (Å²) >= 11 is 21.0. The smallest absolute Gasteiger partial charge is 0.386 e. The van der Waals surface area contributed by atoms with Gasteiger partial charge >= 0.3 is 51.1 Å². The molecular weight excluding hydrogens is 1710 g/mol. The molecule has 8 aliphatic heterocycles. The Balaban J connectivity index is 0.684. The van der Waals surface area contributed by atoms with Gasteiger partial charge in [0.2, 0.25) is 5.95 Å². The molecule has 113 heavy (non-hydrogen) atoms. The number of hydrogen-bond donors (Lipinski definition) is 13. The second kappa shape index (κ2) is 30.2. The molecule has 0 aromatic carbocycles. The van der Waals surface area contributed by atoms with Gasteiger partial charge in [-0.05, 0) is 41.5 Å². The second-order valence-electron chi connectivity index (χ2n) is 27.7. The number of nitrogen functional groups attached to an aromatic ring is 2. The lowest BCUT2D eigenvalue weighted by molar-refractivity contribution is -0.218. The lowest BCUT2D eigenvalue weighted by atomic mass is 9.94. The molecule has 9 unspecified atom stereocenters. The number of nitrogens with one attached hydrogen (secondary N) is 4. The molecule has 10 N–H and O–H groups in total. The first kappa shape index (κ1) is 82.8. The van der Waals surface area contributed by atoms with Gasteiger partial charge in [-0.15, -0.1) is 0 Å². The number of nitrogens with two attached hydrogens (primary N) is 2. The van der Waals surface area contributed by atoms with Crippen LogP contribution in [0.2, 0.25) is 0 Å². The Morgan fingerprint density at radius 2 is 0.912 bits per heavy atom. The van der Waals surface area contributed by atoms with Crippen molar-refractivity contribution in [1.29, 1.82) is 0 Å². The highest BCUT2D eigenvalue weighted by atomic mass is 32.7. The van der Waals surface area contributed by atoms with Gasteiger partial charge in [0, 0.05) is 48.1 Å². The van der Waals surface area contributed by atoms with E-state index in [-0.39, 0.29) is 57.2 Å². The van der Waals surface area contributed by atoms with Crippen LogP contribution in [0.4, 0.5) is 11.8 Å². The standard InChI is InChI=1S/C56H71N16O31P5S5/c1-20-9-68(51(78)65-43(20)74)30-8-27(100-105(83,110)87-12-28-26(99-104(81,82)109)7-31(95-28)71-18-61-32-40(57)59-17-60-41(32)71)29(94-30)13-88-106(84,111)102-38-35-47(69-10-21(2)44(75)66-52(69)79)97-55(38,24(5)92-35)15-90-108(86,113)103-39-36-48(70-11-22(3)45(76)67-53(70)80)98-56(39,25(6)93-36)16-89-107(85,112)101-37-34-49(96-54(37,14-73)23(4)91-34)72-19-62-33-42(72)63-50(58)64-46(33)77/h9-11,17-19,23-31,34-39,47-49,73H,7-8,12-16H2,1-6H3,(H,83,110)(H,84,111)(H,85,112)(H,86,113)(H2,57,59,60)(H,65,74,78)(H,66,75,79)(H,67,76,80)(H2,81,82,109)(H3,58,63,64,77)/t23-,24-,25-,26?,27+,28+,29+,30+,31+,34?,35?,36?,37+,38+,39+,47+,48+,49+,54-,55-,56-,105?,106?,107?,108?/m0/s1.